The van der Waals surface area contributed by atoms with E-state index in [1.165, 1.54) is 0 Å². The van der Waals surface area contributed by atoms with Gasteiger partial charge in [0.25, 0.3) is 0 Å². The Balaban J connectivity index is 1.43. The molecule has 0 saturated heterocycles. The van der Waals surface area contributed by atoms with E-state index in [0.29, 0.717) is 25.4 Å². The molecule has 1 saturated carbocycles. The van der Waals surface area contributed by atoms with Gasteiger partial charge in [-0.3, -0.25) is 4.79 Å². The van der Waals surface area contributed by atoms with E-state index in [9.17, 15) is 4.79 Å². The summed E-state index contributed by atoms with van der Waals surface area (Å²) in [5.74, 6) is 3.02. The molecule has 0 bridgehead atoms. The highest BCUT2D eigenvalue weighted by atomic mass is 16.5. The van der Waals surface area contributed by atoms with Crippen LogP contribution in [0.5, 0.6) is 17.2 Å². The van der Waals surface area contributed by atoms with Gasteiger partial charge in [0.1, 0.15) is 17.2 Å². The van der Waals surface area contributed by atoms with Crippen LogP contribution in [-0.4, -0.2) is 26.7 Å². The van der Waals surface area contributed by atoms with Crippen molar-refractivity contribution in [3.05, 3.63) is 54.1 Å². The number of hydrogen-bond acceptors (Lipinski definition) is 4. The van der Waals surface area contributed by atoms with Gasteiger partial charge in [-0.05, 0) is 67.1 Å². The van der Waals surface area contributed by atoms with Gasteiger partial charge in [0, 0.05) is 6.42 Å². The lowest BCUT2D eigenvalue weighted by Gasteiger charge is -2.19. The van der Waals surface area contributed by atoms with Gasteiger partial charge in [0.2, 0.25) is 5.91 Å². The van der Waals surface area contributed by atoms with E-state index in [2.05, 4.69) is 5.32 Å². The van der Waals surface area contributed by atoms with Gasteiger partial charge in [0.05, 0.1) is 26.9 Å². The Hall–Kier alpha value is -2.69. The normalized spacial score (nSPS) is 14.3. The summed E-state index contributed by atoms with van der Waals surface area (Å²) < 4.78 is 16.0. The minimum Gasteiger partial charge on any atom is -0.497 e. The molecule has 27 heavy (non-hydrogen) atoms. The Morgan fingerprint density at radius 3 is 2.07 bits per heavy atom. The topological polar surface area (TPSA) is 56.8 Å². The molecular formula is C22H27NO4. The zero-order valence-corrected chi connectivity index (χ0v) is 15.9. The molecule has 1 fully saturated rings. The number of hydrogen-bond donors (Lipinski definition) is 1. The number of nitrogens with one attached hydrogen (secondary N) is 1. The van der Waals surface area contributed by atoms with Gasteiger partial charge >= 0.3 is 0 Å². The number of carbonyl (C=O) groups is 1. The Morgan fingerprint density at radius 1 is 0.963 bits per heavy atom. The van der Waals surface area contributed by atoms with Crippen LogP contribution in [0.3, 0.4) is 0 Å². The van der Waals surface area contributed by atoms with E-state index in [-0.39, 0.29) is 11.9 Å². The van der Waals surface area contributed by atoms with E-state index >= 15 is 0 Å². The average Bonchev–Trinajstić information content (AvgIpc) is 3.55. The van der Waals surface area contributed by atoms with Crippen LogP contribution >= 0.6 is 0 Å². The summed E-state index contributed by atoms with van der Waals surface area (Å²) in [5, 5.41) is 3.19. The number of amides is 1. The molecule has 5 nitrogen and oxygen atoms in total. The van der Waals surface area contributed by atoms with Crippen LogP contribution in [0.15, 0.2) is 48.5 Å². The summed E-state index contributed by atoms with van der Waals surface area (Å²) >= 11 is 0. The second-order valence-electron chi connectivity index (χ2n) is 6.78. The second kappa shape index (κ2) is 9.31. The van der Waals surface area contributed by atoms with Crippen molar-refractivity contribution in [3.63, 3.8) is 0 Å². The molecule has 2 aromatic rings. The minimum absolute atomic E-state index is 0.0704. The lowest BCUT2D eigenvalue weighted by Crippen LogP contribution is -2.29. The average molecular weight is 369 g/mol. The van der Waals surface area contributed by atoms with Crippen LogP contribution in [0, 0.1) is 5.92 Å². The molecule has 1 aliphatic carbocycles. The fourth-order valence-electron chi connectivity index (χ4n) is 3.05. The van der Waals surface area contributed by atoms with Crippen LogP contribution in [0.2, 0.25) is 0 Å². The van der Waals surface area contributed by atoms with E-state index in [1.807, 2.05) is 48.5 Å². The quantitative estimate of drug-likeness (QED) is 0.640. The molecule has 1 atom stereocenters. The SMILES string of the molecule is COc1ccc(OCCCC(=O)N[C@@H](c2ccc(OC)cc2)C2CC2)cc1. The van der Waals surface area contributed by atoms with Crippen molar-refractivity contribution in [1.82, 2.24) is 5.32 Å². The molecule has 0 aromatic heterocycles. The van der Waals surface area contributed by atoms with Gasteiger partial charge in [-0.15, -0.1) is 0 Å². The standard InChI is InChI=1S/C22H27NO4/c1-25-18-9-7-17(8-10-18)22(16-5-6-16)23-21(24)4-3-15-27-20-13-11-19(26-2)12-14-20/h7-14,16,22H,3-6,15H2,1-2H3,(H,23,24)/t22-/m1/s1. The zero-order valence-electron chi connectivity index (χ0n) is 15.9. The maximum Gasteiger partial charge on any atom is 0.220 e. The molecule has 0 aliphatic heterocycles. The molecule has 144 valence electrons. The molecule has 5 heteroatoms. The number of methoxy groups -OCH3 is 2. The maximum atomic E-state index is 12.4. The van der Waals surface area contributed by atoms with E-state index in [0.717, 1.165) is 35.7 Å². The summed E-state index contributed by atoms with van der Waals surface area (Å²) in [5.41, 5.74) is 1.14. The molecule has 1 aliphatic rings. The molecule has 2 aromatic carbocycles. The fourth-order valence-corrected chi connectivity index (χ4v) is 3.05. The minimum atomic E-state index is 0.0704. The summed E-state index contributed by atoms with van der Waals surface area (Å²) in [7, 11) is 3.29. The fraction of sp³-hybridized carbons (Fsp3) is 0.409. The largest absolute Gasteiger partial charge is 0.497 e. The maximum absolute atomic E-state index is 12.4. The van der Waals surface area contributed by atoms with E-state index in [4.69, 9.17) is 14.2 Å². The number of ether oxygens (including phenoxy) is 3. The van der Waals surface area contributed by atoms with Gasteiger partial charge in [0.15, 0.2) is 0 Å². The molecular weight excluding hydrogens is 342 g/mol. The van der Waals surface area contributed by atoms with Crippen molar-refractivity contribution in [2.24, 2.45) is 5.92 Å². The van der Waals surface area contributed by atoms with Crippen LogP contribution in [0.1, 0.15) is 37.3 Å². The Labute approximate surface area is 160 Å². The first-order valence-corrected chi connectivity index (χ1v) is 9.40. The third-order valence-corrected chi connectivity index (χ3v) is 4.76. The highest BCUT2D eigenvalue weighted by Gasteiger charge is 2.33. The first kappa shape index (κ1) is 19.1. The van der Waals surface area contributed by atoms with Crippen molar-refractivity contribution in [2.75, 3.05) is 20.8 Å². The molecule has 0 radical (unpaired) electrons. The highest BCUT2D eigenvalue weighted by molar-refractivity contribution is 5.76. The van der Waals surface area contributed by atoms with Crippen LogP contribution in [0.25, 0.3) is 0 Å². The van der Waals surface area contributed by atoms with E-state index < -0.39 is 0 Å². The second-order valence-corrected chi connectivity index (χ2v) is 6.78. The molecule has 1 N–H and O–H groups in total. The lowest BCUT2D eigenvalue weighted by atomic mass is 10.0. The van der Waals surface area contributed by atoms with Gasteiger partial charge in [-0.2, -0.15) is 0 Å². The molecule has 0 heterocycles. The predicted octanol–water partition coefficient (Wildman–Crippen LogP) is 4.13. The van der Waals surface area contributed by atoms with Gasteiger partial charge < -0.3 is 19.5 Å². The summed E-state index contributed by atoms with van der Waals surface area (Å²) in [6, 6.07) is 15.5. The number of carbonyl (C=O) groups excluding carboxylic acids is 1. The number of rotatable bonds is 10. The third-order valence-electron chi connectivity index (χ3n) is 4.76. The van der Waals surface area contributed by atoms with Crippen molar-refractivity contribution in [2.45, 2.75) is 31.7 Å². The van der Waals surface area contributed by atoms with Crippen LogP contribution in [-0.2, 0) is 4.79 Å². The van der Waals surface area contributed by atoms with Crippen molar-refractivity contribution >= 4 is 5.91 Å². The zero-order chi connectivity index (χ0) is 19.1. The Bertz CT molecular complexity index is 723. The summed E-state index contributed by atoms with van der Waals surface area (Å²) in [6.07, 6.45) is 3.46. The highest BCUT2D eigenvalue weighted by Crippen LogP contribution is 2.41. The van der Waals surface area contributed by atoms with Crippen molar-refractivity contribution < 1.29 is 19.0 Å². The van der Waals surface area contributed by atoms with Gasteiger partial charge in [-0.25, -0.2) is 0 Å². The molecule has 0 unspecified atom stereocenters. The number of benzene rings is 2. The predicted molar refractivity (Wildman–Crippen MR) is 104 cm³/mol. The first-order valence-electron chi connectivity index (χ1n) is 9.40. The molecule has 0 spiro atoms. The first-order chi connectivity index (χ1) is 13.2. The third kappa shape index (κ3) is 5.64. The Morgan fingerprint density at radius 2 is 1.52 bits per heavy atom. The smallest absolute Gasteiger partial charge is 0.220 e. The van der Waals surface area contributed by atoms with Crippen molar-refractivity contribution in [3.8, 4) is 17.2 Å². The Kier molecular flexibility index (Phi) is 6.58. The van der Waals surface area contributed by atoms with Crippen LogP contribution in [0.4, 0.5) is 0 Å². The van der Waals surface area contributed by atoms with E-state index in [1.54, 1.807) is 14.2 Å². The summed E-state index contributed by atoms with van der Waals surface area (Å²) in [4.78, 5) is 12.4. The summed E-state index contributed by atoms with van der Waals surface area (Å²) in [6.45, 7) is 0.510. The van der Waals surface area contributed by atoms with Gasteiger partial charge in [-0.1, -0.05) is 12.1 Å². The molecule has 1 amide bonds. The van der Waals surface area contributed by atoms with Crippen LogP contribution < -0.4 is 19.5 Å². The monoisotopic (exact) mass is 369 g/mol. The lowest BCUT2D eigenvalue weighted by molar-refractivity contribution is -0.122. The van der Waals surface area contributed by atoms with Crippen molar-refractivity contribution in [1.29, 1.82) is 0 Å². The molecule has 3 rings (SSSR count).